The van der Waals surface area contributed by atoms with E-state index in [4.69, 9.17) is 5.14 Å². The van der Waals surface area contributed by atoms with E-state index in [9.17, 15) is 12.8 Å². The van der Waals surface area contributed by atoms with Crippen LogP contribution in [0.15, 0.2) is 55.0 Å². The summed E-state index contributed by atoms with van der Waals surface area (Å²) in [6.45, 7) is 0. The predicted molar refractivity (Wildman–Crippen MR) is 83.3 cm³/mol. The van der Waals surface area contributed by atoms with Crippen molar-refractivity contribution in [2.75, 3.05) is 4.83 Å². The zero-order valence-electron chi connectivity index (χ0n) is 11.7. The van der Waals surface area contributed by atoms with Crippen molar-refractivity contribution in [3.05, 3.63) is 60.8 Å². The predicted octanol–water partition coefficient (Wildman–Crippen LogP) is 1.50. The fraction of sp³-hybridized carbons (Fsp3) is 0. The first kappa shape index (κ1) is 15.1. The smallest absolute Gasteiger partial charge is 0.265 e. The lowest BCUT2D eigenvalue weighted by atomic mass is 10.0. The van der Waals surface area contributed by atoms with Gasteiger partial charge in [-0.1, -0.05) is 12.1 Å². The molecule has 3 N–H and O–H groups in total. The number of benzene rings is 1. The average Bonchev–Trinajstić information content (AvgIpc) is 2.90. The maximum atomic E-state index is 13.1. The van der Waals surface area contributed by atoms with Crippen LogP contribution in [-0.4, -0.2) is 23.3 Å². The molecule has 0 aliphatic rings. The Kier molecular flexibility index (Phi) is 3.80. The van der Waals surface area contributed by atoms with E-state index in [0.29, 0.717) is 22.4 Å². The van der Waals surface area contributed by atoms with Gasteiger partial charge in [0.2, 0.25) is 0 Å². The summed E-state index contributed by atoms with van der Waals surface area (Å²) < 4.78 is 35.8. The lowest BCUT2D eigenvalue weighted by Crippen LogP contribution is -2.30. The van der Waals surface area contributed by atoms with Crippen molar-refractivity contribution in [3.63, 3.8) is 0 Å². The van der Waals surface area contributed by atoms with Crippen LogP contribution < -0.4 is 9.97 Å². The van der Waals surface area contributed by atoms with Crippen molar-refractivity contribution in [3.8, 4) is 22.4 Å². The first-order valence-electron chi connectivity index (χ1n) is 6.49. The highest BCUT2D eigenvalue weighted by molar-refractivity contribution is 7.90. The summed E-state index contributed by atoms with van der Waals surface area (Å²) in [5.74, 6) is -0.366. The van der Waals surface area contributed by atoms with Crippen LogP contribution in [0.3, 0.4) is 0 Å². The lowest BCUT2D eigenvalue weighted by Gasteiger charge is -2.10. The summed E-state index contributed by atoms with van der Waals surface area (Å²) in [7, 11) is -4.01. The molecule has 3 rings (SSSR count). The molecule has 9 heteroatoms. The molecule has 0 bridgehead atoms. The molecule has 0 atom stereocenters. The van der Waals surface area contributed by atoms with Crippen molar-refractivity contribution in [2.24, 2.45) is 5.14 Å². The van der Waals surface area contributed by atoms with Gasteiger partial charge in [-0.15, -0.1) is 0 Å². The number of nitrogens with one attached hydrogen (secondary N) is 1. The lowest BCUT2D eigenvalue weighted by molar-refractivity contribution is 0.594. The average molecular weight is 333 g/mol. The molecule has 0 spiro atoms. The number of hydrogen-bond donors (Lipinski definition) is 2. The summed E-state index contributed by atoms with van der Waals surface area (Å²) >= 11 is 0. The van der Waals surface area contributed by atoms with Crippen molar-refractivity contribution in [2.45, 2.75) is 0 Å². The van der Waals surface area contributed by atoms with Crippen LogP contribution >= 0.6 is 0 Å². The van der Waals surface area contributed by atoms with Gasteiger partial charge in [0.15, 0.2) is 0 Å². The molecule has 7 nitrogen and oxygen atoms in total. The van der Waals surface area contributed by atoms with Crippen molar-refractivity contribution < 1.29 is 12.8 Å². The van der Waals surface area contributed by atoms with Crippen molar-refractivity contribution in [1.29, 1.82) is 0 Å². The van der Waals surface area contributed by atoms with Gasteiger partial charge in [0.05, 0.1) is 6.20 Å². The molecule has 0 amide bonds. The molecule has 0 radical (unpaired) electrons. The minimum absolute atomic E-state index is 0.366. The van der Waals surface area contributed by atoms with Gasteiger partial charge < -0.3 is 0 Å². The first-order valence-corrected chi connectivity index (χ1v) is 8.03. The second-order valence-electron chi connectivity index (χ2n) is 4.70. The minimum atomic E-state index is -4.01. The third-order valence-corrected chi connectivity index (χ3v) is 3.52. The van der Waals surface area contributed by atoms with Crippen LogP contribution in [0.25, 0.3) is 22.4 Å². The van der Waals surface area contributed by atoms with E-state index in [-0.39, 0.29) is 5.82 Å². The Labute approximate surface area is 131 Å². The zero-order valence-corrected chi connectivity index (χ0v) is 12.5. The Morgan fingerprint density at radius 3 is 2.30 bits per heavy atom. The molecule has 1 aromatic carbocycles. The quantitative estimate of drug-likeness (QED) is 0.755. The molecular weight excluding hydrogens is 321 g/mol. The van der Waals surface area contributed by atoms with Crippen LogP contribution in [0, 0.1) is 5.82 Å². The molecule has 2 heterocycles. The van der Waals surface area contributed by atoms with Gasteiger partial charge in [-0.3, -0.25) is 4.98 Å². The third-order valence-electron chi connectivity index (χ3n) is 3.09. The SMILES string of the molecule is NS(=O)(=O)Nn1ncc(-c2ccc(F)cc2)c1-c1ccncc1. The van der Waals surface area contributed by atoms with Crippen LogP contribution in [-0.2, 0) is 10.2 Å². The summed E-state index contributed by atoms with van der Waals surface area (Å²) in [4.78, 5) is 7.10. The Hall–Kier alpha value is -2.78. The van der Waals surface area contributed by atoms with E-state index in [1.165, 1.54) is 18.3 Å². The van der Waals surface area contributed by atoms with Crippen LogP contribution in [0.4, 0.5) is 4.39 Å². The molecular formula is C14H12FN5O2S. The van der Waals surface area contributed by atoms with Crippen LogP contribution in [0.5, 0.6) is 0 Å². The Morgan fingerprint density at radius 1 is 1.04 bits per heavy atom. The minimum Gasteiger partial charge on any atom is -0.265 e. The van der Waals surface area contributed by atoms with Gasteiger partial charge in [-0.25, -0.2) is 9.53 Å². The summed E-state index contributed by atoms with van der Waals surface area (Å²) in [6.07, 6.45) is 4.61. The van der Waals surface area contributed by atoms with Gasteiger partial charge in [0.25, 0.3) is 0 Å². The number of hydrogen-bond acceptors (Lipinski definition) is 4. The van der Waals surface area contributed by atoms with E-state index in [1.54, 1.807) is 36.7 Å². The van der Waals surface area contributed by atoms with E-state index in [1.807, 2.05) is 0 Å². The normalized spacial score (nSPS) is 11.4. The van der Waals surface area contributed by atoms with E-state index in [2.05, 4.69) is 14.9 Å². The van der Waals surface area contributed by atoms with Crippen molar-refractivity contribution in [1.82, 2.24) is 14.9 Å². The number of nitrogens with zero attached hydrogens (tertiary/aromatic N) is 3. The van der Waals surface area contributed by atoms with E-state index >= 15 is 0 Å². The van der Waals surface area contributed by atoms with Gasteiger partial charge in [-0.2, -0.15) is 23.1 Å². The molecule has 0 unspecified atom stereocenters. The second kappa shape index (κ2) is 5.78. The van der Waals surface area contributed by atoms with Gasteiger partial charge in [0, 0.05) is 23.5 Å². The Morgan fingerprint density at radius 2 is 1.70 bits per heavy atom. The zero-order chi connectivity index (χ0) is 16.4. The van der Waals surface area contributed by atoms with Gasteiger partial charge in [0.1, 0.15) is 11.5 Å². The van der Waals surface area contributed by atoms with E-state index < -0.39 is 10.2 Å². The largest absolute Gasteiger partial charge is 0.311 e. The molecule has 3 aromatic rings. The summed E-state index contributed by atoms with van der Waals surface area (Å²) in [6, 6.07) is 9.19. The molecule has 0 saturated heterocycles. The topological polar surface area (TPSA) is 103 Å². The van der Waals surface area contributed by atoms with Crippen molar-refractivity contribution >= 4 is 10.2 Å². The molecule has 0 aliphatic carbocycles. The third kappa shape index (κ3) is 3.35. The first-order chi connectivity index (χ1) is 10.9. The fourth-order valence-electron chi connectivity index (χ4n) is 2.17. The van der Waals surface area contributed by atoms with Gasteiger partial charge in [-0.05, 0) is 29.8 Å². The summed E-state index contributed by atoms with van der Waals surface area (Å²) in [5.41, 5.74) is 2.44. The summed E-state index contributed by atoms with van der Waals surface area (Å²) in [5, 5.41) is 9.03. The monoisotopic (exact) mass is 333 g/mol. The standard InChI is InChI=1S/C14H12FN5O2S/c15-12-3-1-10(2-4-12)13-9-18-20(19-23(16,21)22)14(13)11-5-7-17-8-6-11/h1-9,19H,(H2,16,21,22). The van der Waals surface area contributed by atoms with E-state index in [0.717, 1.165) is 4.79 Å². The second-order valence-corrected chi connectivity index (χ2v) is 5.97. The number of rotatable bonds is 4. The molecule has 2 aromatic heterocycles. The maximum absolute atomic E-state index is 13.1. The number of halogens is 1. The number of nitrogens with two attached hydrogens (primary N) is 1. The number of pyridine rings is 1. The highest BCUT2D eigenvalue weighted by Crippen LogP contribution is 2.31. The molecule has 0 saturated carbocycles. The number of aromatic nitrogens is 3. The Bertz CT molecular complexity index is 924. The molecule has 118 valence electrons. The fourth-order valence-corrected chi connectivity index (χ4v) is 2.55. The van der Waals surface area contributed by atoms with Gasteiger partial charge >= 0.3 is 10.2 Å². The van der Waals surface area contributed by atoms with Crippen LogP contribution in [0.1, 0.15) is 0 Å². The van der Waals surface area contributed by atoms with Crippen LogP contribution in [0.2, 0.25) is 0 Å². The Balaban J connectivity index is 2.19. The molecule has 23 heavy (non-hydrogen) atoms. The maximum Gasteiger partial charge on any atom is 0.311 e. The highest BCUT2D eigenvalue weighted by atomic mass is 32.2. The molecule has 0 fully saturated rings. The molecule has 0 aliphatic heterocycles. The highest BCUT2D eigenvalue weighted by Gasteiger charge is 2.17.